The van der Waals surface area contributed by atoms with Crippen molar-refractivity contribution < 1.29 is 9.21 Å². The van der Waals surface area contributed by atoms with Crippen LogP contribution >= 0.6 is 11.6 Å². The number of amides is 1. The van der Waals surface area contributed by atoms with Gasteiger partial charge in [0.1, 0.15) is 5.76 Å². The van der Waals surface area contributed by atoms with Gasteiger partial charge in [-0.3, -0.25) is 4.79 Å². The first kappa shape index (κ1) is 15.4. The molecular weight excluding hydrogens is 288 g/mol. The number of halogens is 1. The van der Waals surface area contributed by atoms with Gasteiger partial charge in [0.15, 0.2) is 0 Å². The molecule has 1 amide bonds. The van der Waals surface area contributed by atoms with Crippen LogP contribution in [0.3, 0.4) is 0 Å². The summed E-state index contributed by atoms with van der Waals surface area (Å²) in [5, 5.41) is 3.92. The van der Waals surface area contributed by atoms with Gasteiger partial charge in [-0.2, -0.15) is 0 Å². The number of benzene rings is 1. The Bertz CT molecular complexity index is 609. The topological polar surface area (TPSA) is 45.5 Å². The Hall–Kier alpha value is -1.94. The van der Waals surface area contributed by atoms with E-state index >= 15 is 0 Å². The van der Waals surface area contributed by atoms with Crippen LogP contribution in [0.25, 0.3) is 0 Å². The summed E-state index contributed by atoms with van der Waals surface area (Å²) in [6.45, 7) is 2.06. The number of hydrogen-bond acceptors (Lipinski definition) is 3. The van der Waals surface area contributed by atoms with Crippen molar-refractivity contribution in [3.8, 4) is 0 Å². The van der Waals surface area contributed by atoms with Gasteiger partial charge in [-0.1, -0.05) is 18.5 Å². The lowest BCUT2D eigenvalue weighted by molar-refractivity contribution is 0.0827. The predicted octanol–water partition coefficient (Wildman–Crippen LogP) is 4.20. The fourth-order valence-corrected chi connectivity index (χ4v) is 2.25. The minimum absolute atomic E-state index is 0.0159. The number of anilines is 1. The molecule has 0 aliphatic carbocycles. The van der Waals surface area contributed by atoms with Crippen molar-refractivity contribution in [1.82, 2.24) is 4.90 Å². The molecule has 0 radical (unpaired) electrons. The molecule has 0 aliphatic rings. The van der Waals surface area contributed by atoms with Crippen molar-refractivity contribution in [2.45, 2.75) is 19.4 Å². The summed E-state index contributed by atoms with van der Waals surface area (Å²) in [5.41, 5.74) is 1.33. The van der Waals surface area contributed by atoms with E-state index in [0.29, 0.717) is 10.6 Å². The largest absolute Gasteiger partial charge is 0.467 e. The van der Waals surface area contributed by atoms with Gasteiger partial charge in [0.2, 0.25) is 0 Å². The van der Waals surface area contributed by atoms with Crippen molar-refractivity contribution in [2.75, 3.05) is 19.4 Å². The molecule has 2 aromatic rings. The van der Waals surface area contributed by atoms with Gasteiger partial charge in [0.25, 0.3) is 5.91 Å². The van der Waals surface area contributed by atoms with Crippen LogP contribution < -0.4 is 5.32 Å². The third kappa shape index (κ3) is 3.58. The minimum Gasteiger partial charge on any atom is -0.467 e. The zero-order chi connectivity index (χ0) is 15.4. The Labute approximate surface area is 129 Å². The van der Waals surface area contributed by atoms with Crippen molar-refractivity contribution in [2.24, 2.45) is 0 Å². The van der Waals surface area contributed by atoms with E-state index in [9.17, 15) is 4.79 Å². The number of carbonyl (C=O) groups excluding carboxylic acids is 1. The number of rotatable bonds is 5. The van der Waals surface area contributed by atoms with Gasteiger partial charge in [-0.05, 0) is 36.8 Å². The summed E-state index contributed by atoms with van der Waals surface area (Å²) in [6, 6.07) is 9.02. The molecule has 1 heterocycles. The van der Waals surface area contributed by atoms with E-state index in [0.717, 1.165) is 17.9 Å². The molecule has 1 aromatic heterocycles. The van der Waals surface area contributed by atoms with Gasteiger partial charge >= 0.3 is 0 Å². The molecule has 4 nitrogen and oxygen atoms in total. The fraction of sp³-hybridized carbons (Fsp3) is 0.312. The van der Waals surface area contributed by atoms with Crippen molar-refractivity contribution >= 4 is 23.2 Å². The van der Waals surface area contributed by atoms with Crippen molar-refractivity contribution in [3.63, 3.8) is 0 Å². The smallest absolute Gasteiger partial charge is 0.253 e. The summed E-state index contributed by atoms with van der Waals surface area (Å²) in [5.74, 6) is 0.790. The van der Waals surface area contributed by atoms with Crippen molar-refractivity contribution in [1.29, 1.82) is 0 Å². The Balaban J connectivity index is 2.26. The van der Waals surface area contributed by atoms with Crippen LogP contribution in [0.15, 0.2) is 41.0 Å². The summed E-state index contributed by atoms with van der Waals surface area (Å²) in [4.78, 5) is 13.6. The van der Waals surface area contributed by atoms with Gasteiger partial charge < -0.3 is 14.6 Å². The van der Waals surface area contributed by atoms with Crippen LogP contribution in [-0.2, 0) is 0 Å². The minimum atomic E-state index is -0.0548. The maximum Gasteiger partial charge on any atom is 0.253 e. The second-order valence-electron chi connectivity index (χ2n) is 5.01. The van der Waals surface area contributed by atoms with Gasteiger partial charge in [-0.15, -0.1) is 0 Å². The van der Waals surface area contributed by atoms with E-state index < -0.39 is 0 Å². The number of hydrogen-bond donors (Lipinski definition) is 1. The average Bonchev–Trinajstić information content (AvgIpc) is 2.99. The molecule has 0 saturated heterocycles. The third-order valence-electron chi connectivity index (χ3n) is 3.24. The summed E-state index contributed by atoms with van der Waals surface area (Å²) >= 11 is 6.22. The highest BCUT2D eigenvalue weighted by Gasteiger charge is 2.15. The Morgan fingerprint density at radius 1 is 1.38 bits per heavy atom. The quantitative estimate of drug-likeness (QED) is 0.900. The zero-order valence-corrected chi connectivity index (χ0v) is 13.1. The van der Waals surface area contributed by atoms with E-state index in [4.69, 9.17) is 16.0 Å². The van der Waals surface area contributed by atoms with Crippen LogP contribution in [0.2, 0.25) is 5.02 Å². The van der Waals surface area contributed by atoms with Crippen molar-refractivity contribution in [3.05, 3.63) is 52.9 Å². The molecule has 21 heavy (non-hydrogen) atoms. The molecule has 1 unspecified atom stereocenters. The highest BCUT2D eigenvalue weighted by atomic mass is 35.5. The molecule has 1 N–H and O–H groups in total. The number of furan rings is 1. The molecule has 2 rings (SSSR count). The monoisotopic (exact) mass is 306 g/mol. The summed E-state index contributed by atoms with van der Waals surface area (Å²) < 4.78 is 5.43. The lowest BCUT2D eigenvalue weighted by Crippen LogP contribution is -2.21. The molecular formula is C16H19ClN2O2. The standard InChI is InChI=1S/C16H19ClN2O2/c1-4-13(15-6-5-9-21-15)18-14-10-11(7-8-12(14)17)16(20)19(2)3/h5-10,13,18H,4H2,1-3H3. The predicted molar refractivity (Wildman–Crippen MR) is 84.8 cm³/mol. The van der Waals surface area contributed by atoms with Crippen LogP contribution in [-0.4, -0.2) is 24.9 Å². The Kier molecular flexibility index (Phi) is 4.91. The summed E-state index contributed by atoms with van der Waals surface area (Å²) in [6.07, 6.45) is 2.49. The second-order valence-corrected chi connectivity index (χ2v) is 5.42. The number of nitrogens with zero attached hydrogens (tertiary/aromatic N) is 1. The van der Waals surface area contributed by atoms with Crippen LogP contribution in [0.4, 0.5) is 5.69 Å². The van der Waals surface area contributed by atoms with E-state index in [-0.39, 0.29) is 11.9 Å². The highest BCUT2D eigenvalue weighted by Crippen LogP contribution is 2.29. The molecule has 0 bridgehead atoms. The molecule has 1 aromatic carbocycles. The van der Waals surface area contributed by atoms with Crippen LogP contribution in [0, 0.1) is 0 Å². The molecule has 112 valence electrons. The highest BCUT2D eigenvalue weighted by molar-refractivity contribution is 6.33. The first-order valence-electron chi connectivity index (χ1n) is 6.84. The van der Waals surface area contributed by atoms with Crippen LogP contribution in [0.5, 0.6) is 0 Å². The van der Waals surface area contributed by atoms with E-state index in [1.807, 2.05) is 12.1 Å². The molecule has 5 heteroatoms. The number of nitrogens with one attached hydrogen (secondary N) is 1. The normalized spacial score (nSPS) is 12.0. The van der Waals surface area contributed by atoms with Gasteiger partial charge in [-0.25, -0.2) is 0 Å². The molecule has 0 spiro atoms. The van der Waals surface area contributed by atoms with E-state index in [1.165, 1.54) is 4.90 Å². The molecule has 0 aliphatic heterocycles. The second kappa shape index (κ2) is 6.68. The van der Waals surface area contributed by atoms with Crippen LogP contribution in [0.1, 0.15) is 35.5 Å². The first-order chi connectivity index (χ1) is 10.0. The molecule has 1 atom stereocenters. The number of carbonyl (C=O) groups is 1. The van der Waals surface area contributed by atoms with Gasteiger partial charge in [0.05, 0.1) is 23.0 Å². The fourth-order valence-electron chi connectivity index (χ4n) is 2.08. The molecule has 0 fully saturated rings. The lowest BCUT2D eigenvalue weighted by atomic mass is 10.1. The first-order valence-corrected chi connectivity index (χ1v) is 7.22. The maximum absolute atomic E-state index is 12.0. The maximum atomic E-state index is 12.0. The molecule has 0 saturated carbocycles. The van der Waals surface area contributed by atoms with Gasteiger partial charge in [0, 0.05) is 19.7 Å². The summed E-state index contributed by atoms with van der Waals surface area (Å²) in [7, 11) is 3.45. The average molecular weight is 307 g/mol. The van der Waals surface area contributed by atoms with E-state index in [1.54, 1.807) is 38.6 Å². The lowest BCUT2D eigenvalue weighted by Gasteiger charge is -2.18. The Morgan fingerprint density at radius 3 is 2.71 bits per heavy atom. The van der Waals surface area contributed by atoms with E-state index in [2.05, 4.69) is 12.2 Å². The Morgan fingerprint density at radius 2 is 2.14 bits per heavy atom. The third-order valence-corrected chi connectivity index (χ3v) is 3.57. The zero-order valence-electron chi connectivity index (χ0n) is 12.4. The SMILES string of the molecule is CCC(Nc1cc(C(=O)N(C)C)ccc1Cl)c1ccco1.